The summed E-state index contributed by atoms with van der Waals surface area (Å²) < 4.78 is 0. The number of aromatic nitrogens is 2. The summed E-state index contributed by atoms with van der Waals surface area (Å²) >= 11 is 0. The Morgan fingerprint density at radius 1 is 1.16 bits per heavy atom. The smallest absolute Gasteiger partial charge is 0.224 e. The molecule has 19 heavy (non-hydrogen) atoms. The van der Waals surface area contributed by atoms with E-state index in [4.69, 9.17) is 0 Å². The van der Waals surface area contributed by atoms with E-state index < -0.39 is 0 Å². The highest BCUT2D eigenvalue weighted by molar-refractivity contribution is 5.42. The molecule has 0 aliphatic heterocycles. The molecule has 0 radical (unpaired) electrons. The third-order valence-electron chi connectivity index (χ3n) is 3.68. The molecular formula is C15H26N4. The zero-order valence-electron chi connectivity index (χ0n) is 12.2. The SMILES string of the molecule is CCCNc1nc(C)cc(NCC2CCCCC2)n1. The number of aryl methyl sites for hydroxylation is 1. The number of nitrogens with one attached hydrogen (secondary N) is 2. The van der Waals surface area contributed by atoms with Gasteiger partial charge in [-0.15, -0.1) is 0 Å². The van der Waals surface area contributed by atoms with Crippen molar-refractivity contribution < 1.29 is 0 Å². The van der Waals surface area contributed by atoms with Crippen LogP contribution in [-0.2, 0) is 0 Å². The Morgan fingerprint density at radius 2 is 1.95 bits per heavy atom. The van der Waals surface area contributed by atoms with E-state index in [1.807, 2.05) is 13.0 Å². The Balaban J connectivity index is 1.89. The van der Waals surface area contributed by atoms with Crippen molar-refractivity contribution in [2.75, 3.05) is 23.7 Å². The van der Waals surface area contributed by atoms with Crippen LogP contribution in [0.4, 0.5) is 11.8 Å². The lowest BCUT2D eigenvalue weighted by Gasteiger charge is -2.22. The van der Waals surface area contributed by atoms with Crippen LogP contribution in [0.25, 0.3) is 0 Å². The van der Waals surface area contributed by atoms with Gasteiger partial charge in [0, 0.05) is 24.8 Å². The predicted molar refractivity (Wildman–Crippen MR) is 80.6 cm³/mol. The van der Waals surface area contributed by atoms with Gasteiger partial charge >= 0.3 is 0 Å². The Labute approximate surface area is 116 Å². The van der Waals surface area contributed by atoms with E-state index in [0.717, 1.165) is 42.9 Å². The van der Waals surface area contributed by atoms with Crippen LogP contribution in [0.2, 0.25) is 0 Å². The fourth-order valence-electron chi connectivity index (χ4n) is 2.62. The molecule has 1 aliphatic carbocycles. The molecule has 1 aromatic rings. The van der Waals surface area contributed by atoms with Crippen molar-refractivity contribution in [3.05, 3.63) is 11.8 Å². The first-order valence-corrected chi connectivity index (χ1v) is 7.61. The minimum atomic E-state index is 0.744. The van der Waals surface area contributed by atoms with Gasteiger partial charge in [-0.3, -0.25) is 0 Å². The van der Waals surface area contributed by atoms with Gasteiger partial charge in [0.1, 0.15) is 5.82 Å². The molecule has 1 saturated carbocycles. The highest BCUT2D eigenvalue weighted by Gasteiger charge is 2.13. The molecule has 0 unspecified atom stereocenters. The molecule has 4 nitrogen and oxygen atoms in total. The zero-order valence-corrected chi connectivity index (χ0v) is 12.2. The highest BCUT2D eigenvalue weighted by Crippen LogP contribution is 2.23. The summed E-state index contributed by atoms with van der Waals surface area (Å²) in [5, 5.41) is 6.73. The third-order valence-corrected chi connectivity index (χ3v) is 3.68. The summed E-state index contributed by atoms with van der Waals surface area (Å²) in [6.07, 6.45) is 7.99. The third kappa shape index (κ3) is 4.69. The molecule has 0 amide bonds. The lowest BCUT2D eigenvalue weighted by molar-refractivity contribution is 0.373. The fourth-order valence-corrected chi connectivity index (χ4v) is 2.62. The van der Waals surface area contributed by atoms with E-state index in [1.54, 1.807) is 0 Å². The van der Waals surface area contributed by atoms with Crippen LogP contribution in [0.5, 0.6) is 0 Å². The fraction of sp³-hybridized carbons (Fsp3) is 0.733. The van der Waals surface area contributed by atoms with Gasteiger partial charge in [-0.1, -0.05) is 26.2 Å². The molecule has 2 rings (SSSR count). The Kier molecular flexibility index (Phi) is 5.43. The average molecular weight is 262 g/mol. The summed E-state index contributed by atoms with van der Waals surface area (Å²) in [7, 11) is 0. The monoisotopic (exact) mass is 262 g/mol. The van der Waals surface area contributed by atoms with Gasteiger partial charge in [0.05, 0.1) is 0 Å². The van der Waals surface area contributed by atoms with Crippen molar-refractivity contribution in [3.8, 4) is 0 Å². The first-order valence-electron chi connectivity index (χ1n) is 7.61. The molecule has 0 aromatic carbocycles. The number of nitrogens with zero attached hydrogens (tertiary/aromatic N) is 2. The maximum absolute atomic E-state index is 4.52. The first-order chi connectivity index (χ1) is 9.28. The van der Waals surface area contributed by atoms with Gasteiger partial charge < -0.3 is 10.6 Å². The lowest BCUT2D eigenvalue weighted by atomic mass is 9.89. The van der Waals surface area contributed by atoms with E-state index in [2.05, 4.69) is 27.5 Å². The van der Waals surface area contributed by atoms with Crippen LogP contribution in [0, 0.1) is 12.8 Å². The van der Waals surface area contributed by atoms with Crippen LogP contribution in [0.15, 0.2) is 6.07 Å². The van der Waals surface area contributed by atoms with Gasteiger partial charge in [-0.2, -0.15) is 4.98 Å². The molecule has 0 spiro atoms. The van der Waals surface area contributed by atoms with E-state index in [9.17, 15) is 0 Å². The van der Waals surface area contributed by atoms with Gasteiger partial charge in [0.15, 0.2) is 0 Å². The molecule has 106 valence electrons. The zero-order chi connectivity index (χ0) is 13.5. The van der Waals surface area contributed by atoms with Crippen LogP contribution in [0.1, 0.15) is 51.1 Å². The van der Waals surface area contributed by atoms with Crippen LogP contribution >= 0.6 is 0 Å². The molecule has 1 heterocycles. The Bertz CT molecular complexity index is 386. The van der Waals surface area contributed by atoms with Crippen molar-refractivity contribution >= 4 is 11.8 Å². The van der Waals surface area contributed by atoms with E-state index >= 15 is 0 Å². The van der Waals surface area contributed by atoms with Gasteiger partial charge in [0.25, 0.3) is 0 Å². The maximum atomic E-state index is 4.52. The van der Waals surface area contributed by atoms with Gasteiger partial charge in [-0.05, 0) is 32.1 Å². The van der Waals surface area contributed by atoms with Crippen molar-refractivity contribution in [2.24, 2.45) is 5.92 Å². The largest absolute Gasteiger partial charge is 0.370 e. The van der Waals surface area contributed by atoms with E-state index in [0.29, 0.717) is 0 Å². The minimum Gasteiger partial charge on any atom is -0.370 e. The molecule has 0 atom stereocenters. The summed E-state index contributed by atoms with van der Waals surface area (Å²) in [6.45, 7) is 6.13. The minimum absolute atomic E-state index is 0.744. The lowest BCUT2D eigenvalue weighted by Crippen LogP contribution is -2.18. The molecule has 0 saturated heterocycles. The molecule has 4 heteroatoms. The van der Waals surface area contributed by atoms with Crippen molar-refractivity contribution in [3.63, 3.8) is 0 Å². The van der Waals surface area contributed by atoms with Crippen molar-refractivity contribution in [1.82, 2.24) is 9.97 Å². The predicted octanol–water partition coefficient (Wildman–Crippen LogP) is 3.60. The Morgan fingerprint density at radius 3 is 2.68 bits per heavy atom. The topological polar surface area (TPSA) is 49.8 Å². The summed E-state index contributed by atoms with van der Waals surface area (Å²) in [6, 6.07) is 2.03. The second-order valence-electron chi connectivity index (χ2n) is 5.53. The molecule has 1 fully saturated rings. The molecule has 1 aromatic heterocycles. The second-order valence-corrected chi connectivity index (χ2v) is 5.53. The molecular weight excluding hydrogens is 236 g/mol. The van der Waals surface area contributed by atoms with Gasteiger partial charge in [-0.25, -0.2) is 4.98 Å². The van der Waals surface area contributed by atoms with E-state index in [-0.39, 0.29) is 0 Å². The maximum Gasteiger partial charge on any atom is 0.224 e. The van der Waals surface area contributed by atoms with Crippen molar-refractivity contribution in [1.29, 1.82) is 0 Å². The van der Waals surface area contributed by atoms with Crippen LogP contribution in [0.3, 0.4) is 0 Å². The highest BCUT2D eigenvalue weighted by atomic mass is 15.1. The summed E-state index contributed by atoms with van der Waals surface area (Å²) in [5.74, 6) is 2.51. The number of hydrogen-bond acceptors (Lipinski definition) is 4. The van der Waals surface area contributed by atoms with Gasteiger partial charge in [0.2, 0.25) is 5.95 Å². The normalized spacial score (nSPS) is 16.3. The van der Waals surface area contributed by atoms with Crippen LogP contribution < -0.4 is 10.6 Å². The number of hydrogen-bond donors (Lipinski definition) is 2. The standard InChI is InChI=1S/C15H26N4/c1-3-9-16-15-18-12(2)10-14(19-15)17-11-13-7-5-4-6-8-13/h10,13H,3-9,11H2,1-2H3,(H2,16,17,18,19). The second kappa shape index (κ2) is 7.31. The molecule has 2 N–H and O–H groups in total. The van der Waals surface area contributed by atoms with Crippen LogP contribution in [-0.4, -0.2) is 23.1 Å². The number of anilines is 2. The average Bonchev–Trinajstić information content (AvgIpc) is 2.43. The molecule has 1 aliphatic rings. The Hall–Kier alpha value is -1.32. The summed E-state index contributed by atoms with van der Waals surface area (Å²) in [5.41, 5.74) is 1.01. The van der Waals surface area contributed by atoms with E-state index in [1.165, 1.54) is 32.1 Å². The summed E-state index contributed by atoms with van der Waals surface area (Å²) in [4.78, 5) is 8.93. The first kappa shape index (κ1) is 14.1. The molecule has 0 bridgehead atoms. The quantitative estimate of drug-likeness (QED) is 0.822. The van der Waals surface area contributed by atoms with Crippen molar-refractivity contribution in [2.45, 2.75) is 52.4 Å². The number of rotatable bonds is 6.